The summed E-state index contributed by atoms with van der Waals surface area (Å²) in [6.07, 6.45) is 1.91. The van der Waals surface area contributed by atoms with Gasteiger partial charge in [-0.15, -0.1) is 0 Å². The number of aromatic nitrogens is 2. The molecule has 0 radical (unpaired) electrons. The molecule has 0 saturated carbocycles. The van der Waals surface area contributed by atoms with E-state index in [4.69, 9.17) is 16.6 Å². The Morgan fingerprint density at radius 2 is 1.86 bits per heavy atom. The van der Waals surface area contributed by atoms with Gasteiger partial charge in [0.2, 0.25) is 5.91 Å². The van der Waals surface area contributed by atoms with Crippen LogP contribution in [0.3, 0.4) is 0 Å². The number of likely N-dealkylation sites (tertiary alicyclic amines) is 1. The second kappa shape index (κ2) is 10.2. The second-order valence-corrected chi connectivity index (χ2v) is 10.0. The number of fused-ring (bicyclic) bond motifs is 1. The first-order valence-electron chi connectivity index (χ1n) is 12.3. The van der Waals surface area contributed by atoms with E-state index in [1.165, 1.54) is 5.56 Å². The normalized spacial score (nSPS) is 16.5. The predicted octanol–water partition coefficient (Wildman–Crippen LogP) is 6.21. The molecule has 0 aliphatic carbocycles. The fourth-order valence-corrected chi connectivity index (χ4v) is 5.04. The van der Waals surface area contributed by atoms with Crippen molar-refractivity contribution < 1.29 is 4.79 Å². The minimum absolute atomic E-state index is 0.0299. The summed E-state index contributed by atoms with van der Waals surface area (Å²) in [7, 11) is 0. The summed E-state index contributed by atoms with van der Waals surface area (Å²) < 4.78 is 2.29. The monoisotopic (exact) mass is 486 g/mol. The molecule has 1 aromatic heterocycles. The van der Waals surface area contributed by atoms with Crippen LogP contribution in [0.2, 0.25) is 5.02 Å². The molecule has 0 spiro atoms. The van der Waals surface area contributed by atoms with Crippen molar-refractivity contribution in [3.05, 3.63) is 94.3 Å². The topological polar surface area (TPSA) is 50.2 Å². The van der Waals surface area contributed by atoms with Gasteiger partial charge in [-0.05, 0) is 80.3 Å². The number of aryl methyl sites for hydroxylation is 2. The van der Waals surface area contributed by atoms with Crippen molar-refractivity contribution in [1.82, 2.24) is 14.5 Å². The van der Waals surface area contributed by atoms with Crippen LogP contribution in [-0.4, -0.2) is 33.4 Å². The molecule has 1 amide bonds. The Morgan fingerprint density at radius 1 is 1.06 bits per heavy atom. The summed E-state index contributed by atoms with van der Waals surface area (Å²) in [6.45, 7) is 7.24. The maximum absolute atomic E-state index is 13.1. The first-order valence-corrected chi connectivity index (χ1v) is 12.6. The Morgan fingerprint density at radius 3 is 2.69 bits per heavy atom. The Hall–Kier alpha value is -3.15. The number of piperidine rings is 1. The van der Waals surface area contributed by atoms with Crippen molar-refractivity contribution in [2.45, 2.75) is 39.8 Å². The summed E-state index contributed by atoms with van der Waals surface area (Å²) in [4.78, 5) is 20.5. The third-order valence-electron chi connectivity index (χ3n) is 6.88. The number of imidazole rings is 1. The van der Waals surface area contributed by atoms with Crippen molar-refractivity contribution >= 4 is 34.2 Å². The molecule has 1 aliphatic rings. The lowest BCUT2D eigenvalue weighted by Gasteiger charge is -2.32. The number of anilines is 1. The molecule has 0 bridgehead atoms. The van der Waals surface area contributed by atoms with E-state index in [0.717, 1.165) is 77.7 Å². The van der Waals surface area contributed by atoms with Gasteiger partial charge in [0.1, 0.15) is 5.82 Å². The number of nitrogens with one attached hydrogen (secondary N) is 1. The SMILES string of the molecule is Cc1ccc(C)c(NC(=O)[C@@H]2CCCN(Cc3nc4ccccc4n3Cc3ccc(Cl)cc3)C2)c1. The molecule has 5 rings (SSSR count). The fraction of sp³-hybridized carbons (Fsp3) is 0.310. The van der Waals surface area contributed by atoms with Crippen molar-refractivity contribution in [2.75, 3.05) is 18.4 Å². The number of para-hydroxylation sites is 2. The maximum Gasteiger partial charge on any atom is 0.228 e. The van der Waals surface area contributed by atoms with Crippen LogP contribution >= 0.6 is 11.6 Å². The molecule has 180 valence electrons. The van der Waals surface area contributed by atoms with Crippen molar-refractivity contribution in [1.29, 1.82) is 0 Å². The standard InChI is InChI=1S/C29H31ClN4O/c1-20-9-10-21(2)26(16-20)32-29(35)23-6-5-15-33(18-23)19-28-31-25-7-3-4-8-27(25)34(28)17-22-11-13-24(30)14-12-22/h3-4,7-14,16,23H,5-6,15,17-19H2,1-2H3,(H,32,35)/t23-/m1/s1. The van der Waals surface area contributed by atoms with Crippen LogP contribution in [0.4, 0.5) is 5.69 Å². The van der Waals surface area contributed by atoms with E-state index in [1.54, 1.807) is 0 Å². The zero-order valence-electron chi connectivity index (χ0n) is 20.3. The quantitative estimate of drug-likeness (QED) is 0.352. The number of halogens is 1. The van der Waals surface area contributed by atoms with E-state index in [0.29, 0.717) is 0 Å². The van der Waals surface area contributed by atoms with Gasteiger partial charge in [-0.25, -0.2) is 4.98 Å². The van der Waals surface area contributed by atoms with Gasteiger partial charge < -0.3 is 9.88 Å². The average molecular weight is 487 g/mol. The molecule has 1 saturated heterocycles. The molecule has 1 atom stereocenters. The zero-order chi connectivity index (χ0) is 24.4. The smallest absolute Gasteiger partial charge is 0.228 e. The van der Waals surface area contributed by atoms with Crippen molar-refractivity contribution in [2.24, 2.45) is 5.92 Å². The van der Waals surface area contributed by atoms with Crippen LogP contribution in [0.25, 0.3) is 11.0 Å². The molecule has 1 N–H and O–H groups in total. The molecule has 5 nitrogen and oxygen atoms in total. The minimum atomic E-state index is -0.0299. The third-order valence-corrected chi connectivity index (χ3v) is 7.13. The lowest BCUT2D eigenvalue weighted by Crippen LogP contribution is -2.40. The van der Waals surface area contributed by atoms with Gasteiger partial charge in [0.25, 0.3) is 0 Å². The van der Waals surface area contributed by atoms with Gasteiger partial charge >= 0.3 is 0 Å². The third kappa shape index (κ3) is 5.42. The highest BCUT2D eigenvalue weighted by Crippen LogP contribution is 2.25. The molecule has 35 heavy (non-hydrogen) atoms. The van der Waals surface area contributed by atoms with Gasteiger partial charge in [0, 0.05) is 23.8 Å². The summed E-state index contributed by atoms with van der Waals surface area (Å²) in [5.74, 6) is 1.10. The van der Waals surface area contributed by atoms with Gasteiger partial charge in [-0.1, -0.05) is 48.0 Å². The van der Waals surface area contributed by atoms with Crippen LogP contribution in [0.15, 0.2) is 66.7 Å². The highest BCUT2D eigenvalue weighted by atomic mass is 35.5. The molecule has 4 aromatic rings. The average Bonchev–Trinajstić information content (AvgIpc) is 3.19. The zero-order valence-corrected chi connectivity index (χ0v) is 21.1. The maximum atomic E-state index is 13.1. The van der Waals surface area contributed by atoms with Crippen molar-refractivity contribution in [3.8, 4) is 0 Å². The van der Waals surface area contributed by atoms with Crippen LogP contribution in [-0.2, 0) is 17.9 Å². The van der Waals surface area contributed by atoms with Crippen LogP contribution in [0, 0.1) is 19.8 Å². The lowest BCUT2D eigenvalue weighted by atomic mass is 9.96. The molecule has 6 heteroatoms. The van der Waals surface area contributed by atoms with Gasteiger partial charge in [0.15, 0.2) is 0 Å². The first kappa shape index (κ1) is 23.6. The largest absolute Gasteiger partial charge is 0.326 e. The summed E-state index contributed by atoms with van der Waals surface area (Å²) in [5.41, 5.74) is 6.46. The summed E-state index contributed by atoms with van der Waals surface area (Å²) >= 11 is 6.10. The number of carbonyl (C=O) groups excluding carboxylic acids is 1. The van der Waals surface area contributed by atoms with Crippen LogP contribution < -0.4 is 5.32 Å². The number of carbonyl (C=O) groups is 1. The summed E-state index contributed by atoms with van der Waals surface area (Å²) in [6, 6.07) is 22.4. The van der Waals surface area contributed by atoms with Crippen molar-refractivity contribution in [3.63, 3.8) is 0 Å². The van der Waals surface area contributed by atoms with Gasteiger partial charge in [-0.2, -0.15) is 0 Å². The van der Waals surface area contributed by atoms with E-state index < -0.39 is 0 Å². The van der Waals surface area contributed by atoms with Gasteiger partial charge in [0.05, 0.1) is 23.5 Å². The molecular weight excluding hydrogens is 456 g/mol. The highest BCUT2D eigenvalue weighted by molar-refractivity contribution is 6.30. The minimum Gasteiger partial charge on any atom is -0.326 e. The Balaban J connectivity index is 1.33. The van der Waals surface area contributed by atoms with E-state index >= 15 is 0 Å². The number of benzene rings is 3. The molecular formula is C29H31ClN4O. The number of nitrogens with zero attached hydrogens (tertiary/aromatic N) is 3. The highest BCUT2D eigenvalue weighted by Gasteiger charge is 2.27. The molecule has 3 aromatic carbocycles. The van der Waals surface area contributed by atoms with E-state index in [2.05, 4.69) is 57.2 Å². The predicted molar refractivity (Wildman–Crippen MR) is 143 cm³/mol. The molecule has 1 aliphatic heterocycles. The van der Waals surface area contributed by atoms with E-state index in [1.807, 2.05) is 38.1 Å². The Bertz CT molecular complexity index is 1340. The van der Waals surface area contributed by atoms with E-state index in [-0.39, 0.29) is 11.8 Å². The van der Waals surface area contributed by atoms with Gasteiger partial charge in [-0.3, -0.25) is 9.69 Å². The lowest BCUT2D eigenvalue weighted by molar-refractivity contribution is -0.121. The number of amides is 1. The van der Waals surface area contributed by atoms with Crippen LogP contribution in [0.5, 0.6) is 0 Å². The van der Waals surface area contributed by atoms with Crippen LogP contribution in [0.1, 0.15) is 35.4 Å². The Labute approximate surface area is 211 Å². The number of hydrogen-bond donors (Lipinski definition) is 1. The fourth-order valence-electron chi connectivity index (χ4n) is 4.91. The number of rotatable bonds is 6. The molecule has 2 heterocycles. The molecule has 0 unspecified atom stereocenters. The number of hydrogen-bond acceptors (Lipinski definition) is 3. The van der Waals surface area contributed by atoms with E-state index in [9.17, 15) is 4.79 Å². The first-order chi connectivity index (χ1) is 17.0. The second-order valence-electron chi connectivity index (χ2n) is 9.61. The molecule has 1 fully saturated rings. The summed E-state index contributed by atoms with van der Waals surface area (Å²) in [5, 5.41) is 3.92. The Kier molecular flexibility index (Phi) is 6.89.